The van der Waals surface area contributed by atoms with E-state index in [1.165, 1.54) is 12.4 Å². The van der Waals surface area contributed by atoms with E-state index in [4.69, 9.17) is 9.47 Å². The highest BCUT2D eigenvalue weighted by Gasteiger charge is 2.19. The third-order valence-electron chi connectivity index (χ3n) is 5.61. The normalized spacial score (nSPS) is 11.1. The maximum absolute atomic E-state index is 14.6. The number of hydrogen-bond acceptors (Lipinski definition) is 7. The Morgan fingerprint density at radius 2 is 2.06 bits per heavy atom. The minimum Gasteiger partial charge on any atom is -0.496 e. The molecular weight excluding hydrogens is 471 g/mol. The van der Waals surface area contributed by atoms with Gasteiger partial charge in [-0.05, 0) is 31.5 Å². The molecule has 0 amide bonds. The van der Waals surface area contributed by atoms with Crippen LogP contribution in [0.1, 0.15) is 35.1 Å². The minimum atomic E-state index is -1.03. The maximum Gasteiger partial charge on any atom is 0.349 e. The fourth-order valence-corrected chi connectivity index (χ4v) is 4.78. The van der Waals surface area contributed by atoms with E-state index in [1.54, 1.807) is 25.3 Å². The highest BCUT2D eigenvalue weighted by Crippen LogP contribution is 2.36. The van der Waals surface area contributed by atoms with Gasteiger partial charge in [0.15, 0.2) is 4.88 Å². The van der Waals surface area contributed by atoms with Crippen LogP contribution in [0.4, 0.5) is 10.2 Å². The quantitative estimate of drug-likeness (QED) is 0.260. The largest absolute Gasteiger partial charge is 0.496 e. The van der Waals surface area contributed by atoms with Crippen molar-refractivity contribution in [3.63, 3.8) is 0 Å². The van der Waals surface area contributed by atoms with Crippen LogP contribution < -0.4 is 14.8 Å². The van der Waals surface area contributed by atoms with E-state index < -0.39 is 5.97 Å². The van der Waals surface area contributed by atoms with Gasteiger partial charge >= 0.3 is 5.97 Å². The molecule has 184 valence electrons. The highest BCUT2D eigenvalue weighted by atomic mass is 32.1. The van der Waals surface area contributed by atoms with Crippen molar-refractivity contribution in [1.29, 1.82) is 0 Å². The Labute approximate surface area is 206 Å². The molecule has 0 bridgehead atoms. The Bertz CT molecular complexity index is 1350. The molecule has 0 aliphatic carbocycles. The van der Waals surface area contributed by atoms with E-state index in [0.29, 0.717) is 53.1 Å². The molecule has 35 heavy (non-hydrogen) atoms. The molecule has 2 N–H and O–H groups in total. The van der Waals surface area contributed by atoms with Crippen molar-refractivity contribution in [1.82, 2.24) is 14.5 Å². The van der Waals surface area contributed by atoms with Crippen LogP contribution in [0.2, 0.25) is 0 Å². The number of rotatable bonds is 11. The first-order chi connectivity index (χ1) is 16.9. The molecule has 0 atom stereocenters. The van der Waals surface area contributed by atoms with Gasteiger partial charge in [0, 0.05) is 36.3 Å². The van der Waals surface area contributed by atoms with Gasteiger partial charge in [-0.25, -0.2) is 19.2 Å². The van der Waals surface area contributed by atoms with Gasteiger partial charge in [-0.3, -0.25) is 0 Å². The van der Waals surface area contributed by atoms with Crippen molar-refractivity contribution in [2.24, 2.45) is 0 Å². The Balaban J connectivity index is 1.50. The van der Waals surface area contributed by atoms with Crippen LogP contribution >= 0.6 is 11.3 Å². The second-order valence-electron chi connectivity index (χ2n) is 7.98. The fourth-order valence-electron chi connectivity index (χ4n) is 3.87. The molecule has 3 heterocycles. The van der Waals surface area contributed by atoms with Gasteiger partial charge in [0.1, 0.15) is 29.5 Å². The summed E-state index contributed by atoms with van der Waals surface area (Å²) < 4.78 is 27.5. The van der Waals surface area contributed by atoms with Crippen LogP contribution in [0, 0.1) is 12.7 Å². The number of aromatic nitrogens is 3. The summed E-state index contributed by atoms with van der Waals surface area (Å²) in [6, 6.07) is 8.42. The Hall–Kier alpha value is -3.66. The van der Waals surface area contributed by atoms with E-state index in [1.807, 2.05) is 24.5 Å². The lowest BCUT2D eigenvalue weighted by Crippen LogP contribution is -2.12. The lowest BCUT2D eigenvalue weighted by molar-refractivity contribution is 0.0698. The summed E-state index contributed by atoms with van der Waals surface area (Å²) >= 11 is 1.12. The highest BCUT2D eigenvalue weighted by molar-refractivity contribution is 7.17. The molecule has 0 saturated carbocycles. The van der Waals surface area contributed by atoms with Crippen molar-refractivity contribution >= 4 is 34.0 Å². The van der Waals surface area contributed by atoms with Crippen LogP contribution in [-0.2, 0) is 6.54 Å². The molecule has 0 unspecified atom stereocenters. The smallest absolute Gasteiger partial charge is 0.349 e. The van der Waals surface area contributed by atoms with Gasteiger partial charge in [0.25, 0.3) is 0 Å². The summed E-state index contributed by atoms with van der Waals surface area (Å²) in [6.07, 6.45) is 3.23. The molecule has 0 radical (unpaired) electrons. The van der Waals surface area contributed by atoms with Crippen molar-refractivity contribution in [3.05, 3.63) is 53.0 Å². The molecule has 4 rings (SSSR count). The second-order valence-corrected chi connectivity index (χ2v) is 9.03. The lowest BCUT2D eigenvalue weighted by Gasteiger charge is -2.11. The molecule has 3 aromatic heterocycles. The Morgan fingerprint density at radius 1 is 1.23 bits per heavy atom. The number of carbonyl (C=O) groups is 1. The number of fused-ring (bicyclic) bond motifs is 1. The third kappa shape index (κ3) is 5.22. The first kappa shape index (κ1) is 24.5. The summed E-state index contributed by atoms with van der Waals surface area (Å²) in [7, 11) is 1.57. The van der Waals surface area contributed by atoms with Gasteiger partial charge in [-0.2, -0.15) is 0 Å². The van der Waals surface area contributed by atoms with E-state index in [-0.39, 0.29) is 10.7 Å². The number of carboxylic acids is 1. The zero-order chi connectivity index (χ0) is 24.9. The second kappa shape index (κ2) is 10.7. The first-order valence-corrected chi connectivity index (χ1v) is 12.1. The lowest BCUT2D eigenvalue weighted by atomic mass is 10.2. The van der Waals surface area contributed by atoms with Crippen molar-refractivity contribution in [2.75, 3.05) is 25.6 Å². The summed E-state index contributed by atoms with van der Waals surface area (Å²) in [6.45, 7) is 5.44. The van der Waals surface area contributed by atoms with Crippen LogP contribution in [-0.4, -0.2) is 45.9 Å². The fraction of sp³-hybridized carbons (Fsp3) is 0.320. The molecule has 0 aliphatic rings. The number of anilines is 1. The number of carboxylic acid groups (broad SMARTS) is 1. The summed E-state index contributed by atoms with van der Waals surface area (Å²) in [4.78, 5) is 21.1. The standard InChI is InChI=1S/C25H27FN4O4S/c1-4-5-10-34-20-13-21(35-24(20)25(31)32)18-12-22(29-14-28-18)27-8-9-30-15(2)11-16-19(33-3)7-6-17(26)23(16)30/h6-7,11-14H,4-5,8-10H2,1-3H3,(H,31,32)(H,27,28,29). The maximum atomic E-state index is 14.6. The number of benzene rings is 1. The van der Waals surface area contributed by atoms with Crippen LogP contribution in [0.15, 0.2) is 36.7 Å². The molecule has 0 spiro atoms. The number of unbranched alkanes of at least 4 members (excludes halogenated alkanes) is 1. The van der Waals surface area contributed by atoms with E-state index in [2.05, 4.69) is 15.3 Å². The molecule has 10 heteroatoms. The van der Waals surface area contributed by atoms with E-state index in [9.17, 15) is 14.3 Å². The molecule has 0 fully saturated rings. The number of ether oxygens (including phenoxy) is 2. The van der Waals surface area contributed by atoms with E-state index >= 15 is 0 Å². The van der Waals surface area contributed by atoms with Gasteiger partial charge in [-0.1, -0.05) is 13.3 Å². The molecule has 4 aromatic rings. The number of nitrogens with one attached hydrogen (secondary N) is 1. The van der Waals surface area contributed by atoms with Crippen LogP contribution in [0.3, 0.4) is 0 Å². The number of aromatic carboxylic acids is 1. The number of aryl methyl sites for hydroxylation is 1. The van der Waals surface area contributed by atoms with Gasteiger partial charge in [0.05, 0.1) is 29.8 Å². The monoisotopic (exact) mass is 498 g/mol. The molecule has 0 aliphatic heterocycles. The van der Waals surface area contributed by atoms with Gasteiger partial charge < -0.3 is 24.5 Å². The molecule has 0 saturated heterocycles. The average molecular weight is 499 g/mol. The number of hydrogen-bond donors (Lipinski definition) is 2. The molecule has 8 nitrogen and oxygen atoms in total. The predicted molar refractivity (Wildman–Crippen MR) is 134 cm³/mol. The number of thiophene rings is 1. The number of halogens is 1. The Morgan fingerprint density at radius 3 is 2.80 bits per heavy atom. The zero-order valence-corrected chi connectivity index (χ0v) is 20.6. The van der Waals surface area contributed by atoms with Crippen molar-refractivity contribution in [2.45, 2.75) is 33.2 Å². The molecular formula is C25H27FN4O4S. The SMILES string of the molecule is CCCCOc1cc(-c2cc(NCCn3c(C)cc4c(OC)ccc(F)c43)ncn2)sc1C(=O)O. The average Bonchev–Trinajstić information content (AvgIpc) is 3.42. The Kier molecular flexibility index (Phi) is 7.50. The van der Waals surface area contributed by atoms with E-state index in [0.717, 1.165) is 35.3 Å². The van der Waals surface area contributed by atoms with Gasteiger partial charge in [-0.15, -0.1) is 11.3 Å². The number of methoxy groups -OCH3 is 1. The summed E-state index contributed by atoms with van der Waals surface area (Å²) in [5, 5.41) is 13.5. The van der Waals surface area contributed by atoms with Crippen molar-refractivity contribution in [3.8, 4) is 22.1 Å². The van der Waals surface area contributed by atoms with Crippen LogP contribution in [0.25, 0.3) is 21.5 Å². The summed E-state index contributed by atoms with van der Waals surface area (Å²) in [5.41, 5.74) is 2.02. The third-order valence-corrected chi connectivity index (χ3v) is 6.73. The summed E-state index contributed by atoms with van der Waals surface area (Å²) in [5.74, 6) is 0.235. The minimum absolute atomic E-state index is 0.150. The van der Waals surface area contributed by atoms with Crippen molar-refractivity contribution < 1.29 is 23.8 Å². The van der Waals surface area contributed by atoms with Crippen LogP contribution in [0.5, 0.6) is 11.5 Å². The first-order valence-electron chi connectivity index (χ1n) is 11.3. The zero-order valence-electron chi connectivity index (χ0n) is 19.8. The predicted octanol–water partition coefficient (Wildman–Crippen LogP) is 5.61. The molecule has 1 aromatic carbocycles. The number of nitrogens with zero attached hydrogens (tertiary/aromatic N) is 3. The van der Waals surface area contributed by atoms with Gasteiger partial charge in [0.2, 0.25) is 0 Å². The topological polar surface area (TPSA) is 98.5 Å².